The Hall–Kier alpha value is -2.82. The van der Waals surface area contributed by atoms with E-state index in [0.717, 1.165) is 6.07 Å². The minimum Gasteiger partial charge on any atom is -0.450 e. The summed E-state index contributed by atoms with van der Waals surface area (Å²) in [6.07, 6.45) is -5.23. The third-order valence-corrected chi connectivity index (χ3v) is 5.04. The number of piperazine rings is 1. The fourth-order valence-corrected chi connectivity index (χ4v) is 3.37. The molecule has 0 spiro atoms. The molecule has 0 aromatic heterocycles. The molecule has 8 nitrogen and oxygen atoms in total. The van der Waals surface area contributed by atoms with E-state index in [1.807, 2.05) is 13.8 Å². The lowest BCUT2D eigenvalue weighted by molar-refractivity contribution is -0.137. The molecule has 1 saturated heterocycles. The lowest BCUT2D eigenvalue weighted by Gasteiger charge is -2.36. The quantitative estimate of drug-likeness (QED) is 0.656. The van der Waals surface area contributed by atoms with Gasteiger partial charge in [-0.15, -0.1) is 0 Å². The molecule has 1 aliphatic heterocycles. The van der Waals surface area contributed by atoms with Gasteiger partial charge in [0, 0.05) is 26.2 Å². The van der Waals surface area contributed by atoms with Gasteiger partial charge in [-0.3, -0.25) is 14.5 Å². The standard InChI is InChI=1S/C21H29F3N4O4/c1-4-32-20(31)26-18(14(2)3)19(30)28-11-9-27(10-12-28)13-17(29)25-16-8-6-5-7-15(16)21(22,23)24/h5-8,14,18H,4,9-13H2,1-3H3,(H,25,29)(H,26,31). The lowest BCUT2D eigenvalue weighted by Crippen LogP contribution is -2.57. The molecule has 0 radical (unpaired) electrons. The van der Waals surface area contributed by atoms with Crippen LogP contribution in [0.15, 0.2) is 24.3 Å². The molecular weight excluding hydrogens is 429 g/mol. The number of rotatable bonds is 7. The van der Waals surface area contributed by atoms with Crippen molar-refractivity contribution >= 4 is 23.6 Å². The maximum atomic E-state index is 13.1. The van der Waals surface area contributed by atoms with Crippen molar-refractivity contribution in [2.24, 2.45) is 5.92 Å². The third-order valence-electron chi connectivity index (χ3n) is 5.04. The zero-order valence-electron chi connectivity index (χ0n) is 18.4. The van der Waals surface area contributed by atoms with Crippen LogP contribution in [-0.4, -0.2) is 73.1 Å². The number of hydrogen-bond acceptors (Lipinski definition) is 5. The highest BCUT2D eigenvalue weighted by Gasteiger charge is 2.34. The Kier molecular flexibility index (Phi) is 8.88. The van der Waals surface area contributed by atoms with Crippen LogP contribution in [0.4, 0.5) is 23.7 Å². The first-order valence-corrected chi connectivity index (χ1v) is 10.4. The average molecular weight is 458 g/mol. The number of ether oxygens (including phenoxy) is 1. The fourth-order valence-electron chi connectivity index (χ4n) is 3.37. The first kappa shape index (κ1) is 25.4. The van der Waals surface area contributed by atoms with Gasteiger partial charge in [0.25, 0.3) is 0 Å². The minimum atomic E-state index is -4.57. The summed E-state index contributed by atoms with van der Waals surface area (Å²) in [5.41, 5.74) is -1.19. The van der Waals surface area contributed by atoms with E-state index in [-0.39, 0.29) is 30.7 Å². The predicted molar refractivity (Wildman–Crippen MR) is 112 cm³/mol. The van der Waals surface area contributed by atoms with Crippen molar-refractivity contribution in [3.8, 4) is 0 Å². The highest BCUT2D eigenvalue weighted by molar-refractivity contribution is 5.93. The molecule has 32 heavy (non-hydrogen) atoms. The summed E-state index contributed by atoms with van der Waals surface area (Å²) in [4.78, 5) is 40.2. The molecule has 1 aliphatic rings. The van der Waals surface area contributed by atoms with Crippen LogP contribution in [0.2, 0.25) is 0 Å². The van der Waals surface area contributed by atoms with Crippen molar-refractivity contribution in [2.75, 3.05) is 44.6 Å². The van der Waals surface area contributed by atoms with Gasteiger partial charge in [-0.2, -0.15) is 13.2 Å². The maximum absolute atomic E-state index is 13.1. The molecule has 11 heteroatoms. The van der Waals surface area contributed by atoms with E-state index in [4.69, 9.17) is 4.74 Å². The second-order valence-electron chi connectivity index (χ2n) is 7.78. The summed E-state index contributed by atoms with van der Waals surface area (Å²) < 4.78 is 44.1. The second kappa shape index (κ2) is 11.2. The topological polar surface area (TPSA) is 91.0 Å². The number of halogens is 3. The number of nitrogens with one attached hydrogen (secondary N) is 2. The molecule has 1 heterocycles. The number of alkyl halides is 3. The van der Waals surface area contributed by atoms with Gasteiger partial charge in [-0.25, -0.2) is 4.79 Å². The first-order chi connectivity index (χ1) is 15.0. The van der Waals surface area contributed by atoms with Crippen LogP contribution < -0.4 is 10.6 Å². The highest BCUT2D eigenvalue weighted by Crippen LogP contribution is 2.34. The summed E-state index contributed by atoms with van der Waals surface area (Å²) in [7, 11) is 0. The molecule has 1 atom stereocenters. The molecule has 0 saturated carbocycles. The maximum Gasteiger partial charge on any atom is 0.418 e. The van der Waals surface area contributed by atoms with Crippen LogP contribution in [0, 0.1) is 5.92 Å². The summed E-state index contributed by atoms with van der Waals surface area (Å²) in [6.45, 7) is 6.82. The molecule has 178 valence electrons. The minimum absolute atomic E-state index is 0.0943. The van der Waals surface area contributed by atoms with E-state index in [9.17, 15) is 27.6 Å². The van der Waals surface area contributed by atoms with E-state index in [2.05, 4.69) is 10.6 Å². The van der Waals surface area contributed by atoms with E-state index < -0.39 is 29.8 Å². The molecule has 3 amide bonds. The van der Waals surface area contributed by atoms with Crippen LogP contribution in [0.5, 0.6) is 0 Å². The van der Waals surface area contributed by atoms with Crippen molar-refractivity contribution < 1.29 is 32.3 Å². The first-order valence-electron chi connectivity index (χ1n) is 10.4. The lowest BCUT2D eigenvalue weighted by atomic mass is 10.0. The number of anilines is 1. The fraction of sp³-hybridized carbons (Fsp3) is 0.571. The molecule has 1 aromatic rings. The molecule has 0 bridgehead atoms. The van der Waals surface area contributed by atoms with Crippen molar-refractivity contribution in [3.63, 3.8) is 0 Å². The molecule has 1 aromatic carbocycles. The van der Waals surface area contributed by atoms with Gasteiger partial charge >= 0.3 is 12.3 Å². The Bertz CT molecular complexity index is 808. The van der Waals surface area contributed by atoms with Crippen LogP contribution >= 0.6 is 0 Å². The largest absolute Gasteiger partial charge is 0.450 e. The van der Waals surface area contributed by atoms with Gasteiger partial charge in [-0.1, -0.05) is 26.0 Å². The zero-order valence-corrected chi connectivity index (χ0v) is 18.4. The van der Waals surface area contributed by atoms with E-state index >= 15 is 0 Å². The molecule has 2 N–H and O–H groups in total. The van der Waals surface area contributed by atoms with Gasteiger partial charge in [0.1, 0.15) is 6.04 Å². The van der Waals surface area contributed by atoms with E-state index in [0.29, 0.717) is 26.2 Å². The van der Waals surface area contributed by atoms with Crippen LogP contribution in [-0.2, 0) is 20.5 Å². The molecule has 1 unspecified atom stereocenters. The number of carbonyl (C=O) groups excluding carboxylic acids is 3. The monoisotopic (exact) mass is 458 g/mol. The zero-order chi connectivity index (χ0) is 23.9. The smallest absolute Gasteiger partial charge is 0.418 e. The number of para-hydroxylation sites is 1. The van der Waals surface area contributed by atoms with Crippen LogP contribution in [0.25, 0.3) is 0 Å². The Morgan fingerprint density at radius 3 is 2.28 bits per heavy atom. The SMILES string of the molecule is CCOC(=O)NC(C(=O)N1CCN(CC(=O)Nc2ccccc2C(F)(F)F)CC1)C(C)C. The van der Waals surface area contributed by atoms with Crippen molar-refractivity contribution in [1.29, 1.82) is 0 Å². The van der Waals surface area contributed by atoms with Crippen molar-refractivity contribution in [1.82, 2.24) is 15.1 Å². The number of benzene rings is 1. The average Bonchev–Trinajstić information content (AvgIpc) is 2.71. The number of carbonyl (C=O) groups is 3. The van der Waals surface area contributed by atoms with Crippen molar-refractivity contribution in [3.05, 3.63) is 29.8 Å². The number of nitrogens with zero attached hydrogens (tertiary/aromatic N) is 2. The number of alkyl carbamates (subject to hydrolysis) is 1. The van der Waals surface area contributed by atoms with Gasteiger partial charge in [0.05, 0.1) is 24.4 Å². The van der Waals surface area contributed by atoms with Crippen LogP contribution in [0.1, 0.15) is 26.3 Å². The normalized spacial score (nSPS) is 15.9. The second-order valence-corrected chi connectivity index (χ2v) is 7.78. The Balaban J connectivity index is 1.89. The van der Waals surface area contributed by atoms with E-state index in [1.165, 1.54) is 18.2 Å². The molecule has 1 fully saturated rings. The number of hydrogen-bond donors (Lipinski definition) is 2. The highest BCUT2D eigenvalue weighted by atomic mass is 19.4. The van der Waals surface area contributed by atoms with E-state index in [1.54, 1.807) is 16.7 Å². The summed E-state index contributed by atoms with van der Waals surface area (Å²) in [6, 6.07) is 4.07. The van der Waals surface area contributed by atoms with Gasteiger partial charge < -0.3 is 20.3 Å². The van der Waals surface area contributed by atoms with Crippen LogP contribution in [0.3, 0.4) is 0 Å². The Labute approximate surface area is 185 Å². The predicted octanol–water partition coefficient (Wildman–Crippen LogP) is 2.56. The Morgan fingerprint density at radius 2 is 1.72 bits per heavy atom. The third kappa shape index (κ3) is 7.11. The number of amides is 3. The van der Waals surface area contributed by atoms with Gasteiger partial charge in [-0.05, 0) is 25.0 Å². The van der Waals surface area contributed by atoms with Gasteiger partial charge in [0.2, 0.25) is 11.8 Å². The molecule has 0 aliphatic carbocycles. The Morgan fingerprint density at radius 1 is 1.09 bits per heavy atom. The van der Waals surface area contributed by atoms with Crippen molar-refractivity contribution in [2.45, 2.75) is 33.0 Å². The summed E-state index contributed by atoms with van der Waals surface area (Å²) >= 11 is 0. The summed E-state index contributed by atoms with van der Waals surface area (Å²) in [5, 5.41) is 4.90. The summed E-state index contributed by atoms with van der Waals surface area (Å²) in [5.74, 6) is -0.953. The molecule has 2 rings (SSSR count). The molecular formula is C21H29F3N4O4. The van der Waals surface area contributed by atoms with Gasteiger partial charge in [0.15, 0.2) is 0 Å².